The number of hydrogen-bond donors (Lipinski definition) is 1. The van der Waals surface area contributed by atoms with Crippen LogP contribution in [0.2, 0.25) is 0 Å². The highest BCUT2D eigenvalue weighted by Crippen LogP contribution is 2.13. The Labute approximate surface area is 128 Å². The monoisotopic (exact) mass is 288 g/mol. The molecule has 21 heavy (non-hydrogen) atoms. The van der Waals surface area contributed by atoms with E-state index in [9.17, 15) is 4.79 Å². The average molecular weight is 288 g/mol. The number of nitrogens with zero attached hydrogens (tertiary/aromatic N) is 1. The van der Waals surface area contributed by atoms with Gasteiger partial charge in [0.15, 0.2) is 0 Å². The fraction of sp³-hybridized carbons (Fsp3) is 0.611. The van der Waals surface area contributed by atoms with Gasteiger partial charge in [0, 0.05) is 18.7 Å². The van der Waals surface area contributed by atoms with Crippen molar-refractivity contribution in [3.63, 3.8) is 0 Å². The van der Waals surface area contributed by atoms with Crippen LogP contribution >= 0.6 is 0 Å². The van der Waals surface area contributed by atoms with E-state index < -0.39 is 0 Å². The van der Waals surface area contributed by atoms with Crippen molar-refractivity contribution >= 4 is 5.91 Å². The lowest BCUT2D eigenvalue weighted by Gasteiger charge is -2.19. The van der Waals surface area contributed by atoms with Crippen molar-refractivity contribution in [2.45, 2.75) is 52.0 Å². The number of benzene rings is 1. The van der Waals surface area contributed by atoms with Crippen LogP contribution in [0.5, 0.6) is 0 Å². The lowest BCUT2D eigenvalue weighted by molar-refractivity contribution is 0.0953. The van der Waals surface area contributed by atoms with E-state index in [1.165, 1.54) is 44.3 Å². The standard InChI is InChI=1S/C18H28N2O/c1-2-3-12-19-18(21)17-10-8-16(9-11-17)15-20-13-6-4-5-7-14-20/h8-11H,2-7,12-15H2,1H3,(H,19,21). The number of hydrogen-bond acceptors (Lipinski definition) is 2. The van der Waals surface area contributed by atoms with Crippen LogP contribution in [-0.4, -0.2) is 30.4 Å². The van der Waals surface area contributed by atoms with Crippen molar-refractivity contribution in [2.24, 2.45) is 0 Å². The van der Waals surface area contributed by atoms with E-state index in [1.54, 1.807) is 0 Å². The second-order valence-electron chi connectivity index (χ2n) is 6.00. The van der Waals surface area contributed by atoms with E-state index in [4.69, 9.17) is 0 Å². The first-order chi connectivity index (χ1) is 10.3. The van der Waals surface area contributed by atoms with Crippen LogP contribution < -0.4 is 5.32 Å². The Morgan fingerprint density at radius 3 is 2.38 bits per heavy atom. The molecule has 1 fully saturated rings. The Hall–Kier alpha value is -1.35. The Bertz CT molecular complexity index is 419. The molecule has 1 aromatic rings. The minimum Gasteiger partial charge on any atom is -0.352 e. The number of unbranched alkanes of at least 4 members (excludes halogenated alkanes) is 1. The fourth-order valence-electron chi connectivity index (χ4n) is 2.79. The van der Waals surface area contributed by atoms with Gasteiger partial charge in [0.2, 0.25) is 0 Å². The molecule has 0 aliphatic carbocycles. The van der Waals surface area contributed by atoms with Crippen molar-refractivity contribution in [1.29, 1.82) is 0 Å². The van der Waals surface area contributed by atoms with Crippen molar-refractivity contribution in [3.05, 3.63) is 35.4 Å². The summed E-state index contributed by atoms with van der Waals surface area (Å²) in [4.78, 5) is 14.5. The molecule has 0 radical (unpaired) electrons. The smallest absolute Gasteiger partial charge is 0.251 e. The van der Waals surface area contributed by atoms with E-state index in [2.05, 4.69) is 29.3 Å². The number of carbonyl (C=O) groups excluding carboxylic acids is 1. The molecule has 1 N–H and O–H groups in total. The molecule has 0 aromatic heterocycles. The summed E-state index contributed by atoms with van der Waals surface area (Å²) in [6.07, 6.45) is 7.52. The van der Waals surface area contributed by atoms with Crippen LogP contribution in [0.4, 0.5) is 0 Å². The summed E-state index contributed by atoms with van der Waals surface area (Å²) in [7, 11) is 0. The Kier molecular flexibility index (Phi) is 6.74. The Morgan fingerprint density at radius 1 is 1.10 bits per heavy atom. The predicted octanol–water partition coefficient (Wildman–Crippen LogP) is 3.59. The van der Waals surface area contributed by atoms with E-state index in [0.717, 1.165) is 31.5 Å². The quantitative estimate of drug-likeness (QED) is 0.811. The molecule has 1 aliphatic rings. The molecule has 1 aliphatic heterocycles. The van der Waals surface area contributed by atoms with Gasteiger partial charge in [0.05, 0.1) is 0 Å². The molecular formula is C18H28N2O. The summed E-state index contributed by atoms with van der Waals surface area (Å²) in [5.41, 5.74) is 2.08. The molecule has 116 valence electrons. The highest BCUT2D eigenvalue weighted by molar-refractivity contribution is 5.94. The highest BCUT2D eigenvalue weighted by atomic mass is 16.1. The van der Waals surface area contributed by atoms with Crippen LogP contribution in [0, 0.1) is 0 Å². The normalized spacial score (nSPS) is 16.4. The zero-order valence-corrected chi connectivity index (χ0v) is 13.2. The molecule has 3 heteroatoms. The Morgan fingerprint density at radius 2 is 1.76 bits per heavy atom. The van der Waals surface area contributed by atoms with E-state index in [-0.39, 0.29) is 5.91 Å². The first kappa shape index (κ1) is 16.0. The van der Waals surface area contributed by atoms with Gasteiger partial charge in [0.1, 0.15) is 0 Å². The van der Waals surface area contributed by atoms with Gasteiger partial charge in [-0.25, -0.2) is 0 Å². The summed E-state index contributed by atoms with van der Waals surface area (Å²) < 4.78 is 0. The molecule has 1 amide bonds. The molecule has 0 spiro atoms. The summed E-state index contributed by atoms with van der Waals surface area (Å²) >= 11 is 0. The van der Waals surface area contributed by atoms with Crippen LogP contribution in [0.15, 0.2) is 24.3 Å². The van der Waals surface area contributed by atoms with Gasteiger partial charge >= 0.3 is 0 Å². The largest absolute Gasteiger partial charge is 0.352 e. The molecule has 0 saturated carbocycles. The summed E-state index contributed by atoms with van der Waals surface area (Å²) in [6, 6.07) is 8.10. The second-order valence-corrected chi connectivity index (χ2v) is 6.00. The maximum atomic E-state index is 11.9. The maximum absolute atomic E-state index is 11.9. The SMILES string of the molecule is CCCCNC(=O)c1ccc(CN2CCCCCC2)cc1. The Balaban J connectivity index is 1.84. The third kappa shape index (κ3) is 5.50. The van der Waals surface area contributed by atoms with Crippen molar-refractivity contribution in [3.8, 4) is 0 Å². The minimum atomic E-state index is 0.0461. The van der Waals surface area contributed by atoms with Crippen LogP contribution in [-0.2, 0) is 6.54 Å². The molecule has 0 unspecified atom stereocenters. The van der Waals surface area contributed by atoms with Gasteiger partial charge in [0.25, 0.3) is 5.91 Å². The summed E-state index contributed by atoms with van der Waals surface area (Å²) in [6.45, 7) is 6.32. The van der Waals surface area contributed by atoms with Crippen LogP contribution in [0.25, 0.3) is 0 Å². The zero-order chi connectivity index (χ0) is 14.9. The average Bonchev–Trinajstić information content (AvgIpc) is 2.77. The lowest BCUT2D eigenvalue weighted by atomic mass is 10.1. The van der Waals surface area contributed by atoms with E-state index in [1.807, 2.05) is 12.1 Å². The van der Waals surface area contributed by atoms with Gasteiger partial charge in [-0.2, -0.15) is 0 Å². The van der Waals surface area contributed by atoms with Gasteiger partial charge in [-0.15, -0.1) is 0 Å². The van der Waals surface area contributed by atoms with Crippen LogP contribution in [0.1, 0.15) is 61.4 Å². The van der Waals surface area contributed by atoms with Gasteiger partial charge in [-0.3, -0.25) is 9.69 Å². The summed E-state index contributed by atoms with van der Waals surface area (Å²) in [5, 5.41) is 2.96. The molecule has 1 heterocycles. The molecule has 0 atom stereocenters. The van der Waals surface area contributed by atoms with Gasteiger partial charge in [-0.05, 0) is 50.0 Å². The molecule has 1 saturated heterocycles. The number of carbonyl (C=O) groups is 1. The first-order valence-electron chi connectivity index (χ1n) is 8.39. The van der Waals surface area contributed by atoms with Crippen LogP contribution in [0.3, 0.4) is 0 Å². The lowest BCUT2D eigenvalue weighted by Crippen LogP contribution is -2.25. The number of likely N-dealkylation sites (tertiary alicyclic amines) is 1. The topological polar surface area (TPSA) is 32.3 Å². The van der Waals surface area contributed by atoms with Crippen molar-refractivity contribution < 1.29 is 4.79 Å². The minimum absolute atomic E-state index is 0.0461. The molecule has 3 nitrogen and oxygen atoms in total. The van der Waals surface area contributed by atoms with Gasteiger partial charge in [-0.1, -0.05) is 38.3 Å². The van der Waals surface area contributed by atoms with Gasteiger partial charge < -0.3 is 5.32 Å². The number of nitrogens with one attached hydrogen (secondary N) is 1. The number of rotatable bonds is 6. The fourth-order valence-corrected chi connectivity index (χ4v) is 2.79. The molecule has 1 aromatic carbocycles. The molecule has 0 bridgehead atoms. The van der Waals surface area contributed by atoms with Crippen molar-refractivity contribution in [2.75, 3.05) is 19.6 Å². The summed E-state index contributed by atoms with van der Waals surface area (Å²) in [5.74, 6) is 0.0461. The second kappa shape index (κ2) is 8.83. The number of amides is 1. The highest BCUT2D eigenvalue weighted by Gasteiger charge is 2.10. The van der Waals surface area contributed by atoms with E-state index >= 15 is 0 Å². The zero-order valence-electron chi connectivity index (χ0n) is 13.2. The molecule has 2 rings (SSSR count). The van der Waals surface area contributed by atoms with Crippen molar-refractivity contribution in [1.82, 2.24) is 10.2 Å². The predicted molar refractivity (Wildman–Crippen MR) is 87.4 cm³/mol. The molecular weight excluding hydrogens is 260 g/mol. The first-order valence-corrected chi connectivity index (χ1v) is 8.39. The third-order valence-electron chi connectivity index (χ3n) is 4.14. The maximum Gasteiger partial charge on any atom is 0.251 e. The van der Waals surface area contributed by atoms with E-state index in [0.29, 0.717) is 0 Å². The third-order valence-corrected chi connectivity index (χ3v) is 4.14.